The second-order valence-corrected chi connectivity index (χ2v) is 6.56. The second-order valence-electron chi connectivity index (χ2n) is 6.56. The van der Waals surface area contributed by atoms with E-state index in [-0.39, 0.29) is 12.1 Å². The fraction of sp³-hybridized carbons (Fsp3) is 0.556. The Bertz CT molecular complexity index is 589. The van der Waals surface area contributed by atoms with Crippen LogP contribution < -0.4 is 10.6 Å². The Morgan fingerprint density at radius 1 is 1.30 bits per heavy atom. The van der Waals surface area contributed by atoms with E-state index in [2.05, 4.69) is 21.6 Å². The van der Waals surface area contributed by atoms with Crippen molar-refractivity contribution in [2.45, 2.75) is 50.7 Å². The summed E-state index contributed by atoms with van der Waals surface area (Å²) in [5.74, 6) is 0. The van der Waals surface area contributed by atoms with E-state index in [1.54, 1.807) is 12.1 Å². The topological polar surface area (TPSA) is 68.2 Å². The van der Waals surface area contributed by atoms with Crippen LogP contribution in [0.1, 0.15) is 43.2 Å². The van der Waals surface area contributed by atoms with Crippen molar-refractivity contribution in [2.24, 2.45) is 0 Å². The molecule has 5 nitrogen and oxygen atoms in total. The minimum absolute atomic E-state index is 0.120. The largest absolute Gasteiger partial charge is 0.334 e. The summed E-state index contributed by atoms with van der Waals surface area (Å²) >= 11 is 0. The average Bonchev–Trinajstić information content (AvgIpc) is 3.24. The minimum Gasteiger partial charge on any atom is -0.334 e. The summed E-state index contributed by atoms with van der Waals surface area (Å²) in [6.45, 7) is 2.52. The molecule has 1 atom stereocenters. The summed E-state index contributed by atoms with van der Waals surface area (Å²) < 4.78 is 0. The van der Waals surface area contributed by atoms with Gasteiger partial charge < -0.3 is 10.6 Å². The zero-order valence-electron chi connectivity index (χ0n) is 13.4. The highest BCUT2D eigenvalue weighted by molar-refractivity contribution is 5.74. The highest BCUT2D eigenvalue weighted by Crippen LogP contribution is 2.26. The molecule has 3 rings (SSSR count). The molecule has 2 N–H and O–H groups in total. The van der Waals surface area contributed by atoms with Crippen LogP contribution in [0.5, 0.6) is 0 Å². The molecule has 1 aliphatic carbocycles. The van der Waals surface area contributed by atoms with Crippen molar-refractivity contribution in [3.8, 4) is 6.07 Å². The molecule has 23 heavy (non-hydrogen) atoms. The summed E-state index contributed by atoms with van der Waals surface area (Å²) in [6.07, 6.45) is 6.36. The predicted molar refractivity (Wildman–Crippen MR) is 88.8 cm³/mol. The van der Waals surface area contributed by atoms with Crippen LogP contribution in [-0.4, -0.2) is 36.1 Å². The van der Waals surface area contributed by atoms with E-state index in [9.17, 15) is 4.79 Å². The fourth-order valence-electron chi connectivity index (χ4n) is 3.68. The number of carbonyl (C=O) groups excluding carboxylic acids is 1. The number of nitriles is 1. The van der Waals surface area contributed by atoms with Crippen LogP contribution in [0.4, 0.5) is 4.79 Å². The zero-order valence-corrected chi connectivity index (χ0v) is 13.4. The molecule has 2 fully saturated rings. The number of amides is 2. The number of carbonyl (C=O) groups is 1. The third-order valence-electron chi connectivity index (χ3n) is 4.91. The lowest BCUT2D eigenvalue weighted by Gasteiger charge is -2.23. The molecule has 1 aliphatic heterocycles. The lowest BCUT2D eigenvalue weighted by Crippen LogP contribution is -2.43. The SMILES string of the molecule is N#Cc1cccc(CNC(=O)N[C@@H]2CCN(C3CCCC3)C2)c1. The van der Waals surface area contributed by atoms with Gasteiger partial charge in [0.05, 0.1) is 11.6 Å². The molecule has 122 valence electrons. The summed E-state index contributed by atoms with van der Waals surface area (Å²) in [6, 6.07) is 10.3. The Balaban J connectivity index is 1.42. The van der Waals surface area contributed by atoms with E-state index in [1.165, 1.54) is 25.7 Å². The molecule has 1 saturated carbocycles. The second kappa shape index (κ2) is 7.47. The van der Waals surface area contributed by atoms with Crippen LogP contribution in [0.2, 0.25) is 0 Å². The van der Waals surface area contributed by atoms with Crippen LogP contribution in [0.15, 0.2) is 24.3 Å². The predicted octanol–water partition coefficient (Wildman–Crippen LogP) is 2.37. The summed E-state index contributed by atoms with van der Waals surface area (Å²) in [5, 5.41) is 14.8. The molecular weight excluding hydrogens is 288 g/mol. The maximum atomic E-state index is 12.0. The molecule has 0 spiro atoms. The van der Waals surface area contributed by atoms with Crippen LogP contribution in [0.3, 0.4) is 0 Å². The first-order chi connectivity index (χ1) is 11.2. The van der Waals surface area contributed by atoms with Gasteiger partial charge in [0.25, 0.3) is 0 Å². The van der Waals surface area contributed by atoms with Crippen LogP contribution in [0.25, 0.3) is 0 Å². The van der Waals surface area contributed by atoms with Gasteiger partial charge >= 0.3 is 6.03 Å². The summed E-state index contributed by atoms with van der Waals surface area (Å²) in [4.78, 5) is 14.6. The molecule has 0 radical (unpaired) electrons. The van der Waals surface area contributed by atoms with Gasteiger partial charge in [0.1, 0.15) is 0 Å². The number of hydrogen-bond acceptors (Lipinski definition) is 3. The molecule has 5 heteroatoms. The first kappa shape index (κ1) is 15.8. The van der Waals surface area contributed by atoms with Crippen molar-refractivity contribution in [1.82, 2.24) is 15.5 Å². The molecular formula is C18H24N4O. The first-order valence-corrected chi connectivity index (χ1v) is 8.52. The molecule has 1 heterocycles. The Labute approximate surface area is 137 Å². The van der Waals surface area contributed by atoms with Crippen LogP contribution in [-0.2, 0) is 6.54 Å². The molecule has 1 aromatic carbocycles. The van der Waals surface area contributed by atoms with Gasteiger partial charge in [0.2, 0.25) is 0 Å². The lowest BCUT2D eigenvalue weighted by atomic mass is 10.1. The smallest absolute Gasteiger partial charge is 0.315 e. The monoisotopic (exact) mass is 312 g/mol. The van der Waals surface area contributed by atoms with Crippen molar-refractivity contribution in [3.05, 3.63) is 35.4 Å². The normalized spacial score (nSPS) is 22.0. The Morgan fingerprint density at radius 3 is 2.91 bits per heavy atom. The van der Waals surface area contributed by atoms with Gasteiger partial charge in [-0.3, -0.25) is 4.90 Å². The van der Waals surface area contributed by atoms with Gasteiger partial charge in [0.15, 0.2) is 0 Å². The molecule has 0 unspecified atom stereocenters. The Morgan fingerprint density at radius 2 is 2.13 bits per heavy atom. The highest BCUT2D eigenvalue weighted by Gasteiger charge is 2.30. The number of hydrogen-bond donors (Lipinski definition) is 2. The van der Waals surface area contributed by atoms with E-state index < -0.39 is 0 Å². The van der Waals surface area contributed by atoms with E-state index in [0.29, 0.717) is 12.1 Å². The standard InChI is InChI=1S/C18H24N4O/c19-11-14-4-3-5-15(10-14)12-20-18(23)21-16-8-9-22(13-16)17-6-1-2-7-17/h3-5,10,16-17H,1-2,6-9,12-13H2,(H2,20,21,23)/t16-/m1/s1. The van der Waals surface area contributed by atoms with Gasteiger partial charge in [-0.25, -0.2) is 4.79 Å². The van der Waals surface area contributed by atoms with E-state index in [1.807, 2.05) is 12.1 Å². The van der Waals surface area contributed by atoms with Crippen molar-refractivity contribution in [2.75, 3.05) is 13.1 Å². The van der Waals surface area contributed by atoms with Crippen molar-refractivity contribution in [3.63, 3.8) is 0 Å². The van der Waals surface area contributed by atoms with E-state index >= 15 is 0 Å². The first-order valence-electron chi connectivity index (χ1n) is 8.52. The Hall–Kier alpha value is -2.06. The number of likely N-dealkylation sites (tertiary alicyclic amines) is 1. The quantitative estimate of drug-likeness (QED) is 0.897. The fourth-order valence-corrected chi connectivity index (χ4v) is 3.68. The molecule has 0 aromatic heterocycles. The highest BCUT2D eigenvalue weighted by atomic mass is 16.2. The lowest BCUT2D eigenvalue weighted by molar-refractivity contribution is 0.227. The van der Waals surface area contributed by atoms with E-state index in [4.69, 9.17) is 5.26 Å². The third kappa shape index (κ3) is 4.23. The number of urea groups is 1. The third-order valence-corrected chi connectivity index (χ3v) is 4.91. The zero-order chi connectivity index (χ0) is 16.1. The molecule has 1 saturated heterocycles. The van der Waals surface area contributed by atoms with Gasteiger partial charge in [-0.2, -0.15) is 5.26 Å². The maximum Gasteiger partial charge on any atom is 0.315 e. The Kier molecular flexibility index (Phi) is 5.14. The van der Waals surface area contributed by atoms with Crippen molar-refractivity contribution in [1.29, 1.82) is 5.26 Å². The van der Waals surface area contributed by atoms with Crippen molar-refractivity contribution >= 4 is 6.03 Å². The van der Waals surface area contributed by atoms with Gasteiger partial charge in [-0.05, 0) is 37.0 Å². The van der Waals surface area contributed by atoms with Crippen molar-refractivity contribution < 1.29 is 4.79 Å². The number of nitrogens with one attached hydrogen (secondary N) is 2. The number of nitrogens with zero attached hydrogens (tertiary/aromatic N) is 2. The van der Waals surface area contributed by atoms with E-state index in [0.717, 1.165) is 31.1 Å². The van der Waals surface area contributed by atoms with Crippen LogP contribution in [0, 0.1) is 11.3 Å². The maximum absolute atomic E-state index is 12.0. The molecule has 2 aliphatic rings. The summed E-state index contributed by atoms with van der Waals surface area (Å²) in [7, 11) is 0. The minimum atomic E-state index is -0.120. The van der Waals surface area contributed by atoms with Crippen LogP contribution >= 0.6 is 0 Å². The number of benzene rings is 1. The summed E-state index contributed by atoms with van der Waals surface area (Å²) in [5.41, 5.74) is 1.56. The van der Waals surface area contributed by atoms with Gasteiger partial charge in [-0.1, -0.05) is 25.0 Å². The van der Waals surface area contributed by atoms with Gasteiger partial charge in [0, 0.05) is 31.7 Å². The molecule has 0 bridgehead atoms. The number of rotatable bonds is 4. The molecule has 1 aromatic rings. The van der Waals surface area contributed by atoms with Gasteiger partial charge in [-0.15, -0.1) is 0 Å². The average molecular weight is 312 g/mol. The molecule has 2 amide bonds.